The summed E-state index contributed by atoms with van der Waals surface area (Å²) in [6.07, 6.45) is 2.38. The molecule has 0 radical (unpaired) electrons. The number of carbonyl (C=O) groups excluding carboxylic acids is 1. The van der Waals surface area contributed by atoms with Crippen molar-refractivity contribution in [2.75, 3.05) is 39.0 Å². The van der Waals surface area contributed by atoms with E-state index in [1.165, 1.54) is 12.8 Å². The number of piperidine rings is 1. The van der Waals surface area contributed by atoms with E-state index in [0.717, 1.165) is 19.6 Å². The predicted molar refractivity (Wildman–Crippen MR) is 79.6 cm³/mol. The van der Waals surface area contributed by atoms with Crippen LogP contribution in [-0.2, 0) is 4.79 Å². The Balaban J connectivity index is 1.69. The number of nitrogens with one attached hydrogen (secondary N) is 1. The van der Waals surface area contributed by atoms with Crippen LogP contribution in [0.2, 0.25) is 0 Å². The van der Waals surface area contributed by atoms with Crippen molar-refractivity contribution in [3.05, 3.63) is 24.3 Å². The van der Waals surface area contributed by atoms with Crippen LogP contribution in [0.5, 0.6) is 5.75 Å². The van der Waals surface area contributed by atoms with E-state index in [-0.39, 0.29) is 12.5 Å². The second-order valence-corrected chi connectivity index (χ2v) is 5.40. The van der Waals surface area contributed by atoms with E-state index in [0.29, 0.717) is 17.4 Å². The van der Waals surface area contributed by atoms with E-state index in [9.17, 15) is 4.79 Å². The number of nitrogens with zero attached hydrogens (tertiary/aromatic N) is 1. The summed E-state index contributed by atoms with van der Waals surface area (Å²) in [5.41, 5.74) is 6.30. The van der Waals surface area contributed by atoms with Crippen LogP contribution in [0.4, 0.5) is 5.69 Å². The minimum absolute atomic E-state index is 0.0107. The van der Waals surface area contributed by atoms with Crippen molar-refractivity contribution in [2.24, 2.45) is 5.92 Å². The molecular weight excluding hydrogens is 254 g/mol. The summed E-state index contributed by atoms with van der Waals surface area (Å²) in [7, 11) is 2.12. The van der Waals surface area contributed by atoms with Gasteiger partial charge in [-0.3, -0.25) is 4.79 Å². The lowest BCUT2D eigenvalue weighted by atomic mass is 9.98. The average Bonchev–Trinajstić information content (AvgIpc) is 2.44. The number of likely N-dealkylation sites (tertiary alicyclic amines) is 1. The van der Waals surface area contributed by atoms with Crippen molar-refractivity contribution in [1.29, 1.82) is 0 Å². The third-order valence-electron chi connectivity index (χ3n) is 3.59. The van der Waals surface area contributed by atoms with E-state index in [1.807, 2.05) is 12.1 Å². The van der Waals surface area contributed by atoms with Gasteiger partial charge in [0, 0.05) is 13.1 Å². The molecule has 1 atom stereocenters. The number of nitrogen functional groups attached to an aromatic ring is 1. The monoisotopic (exact) mass is 277 g/mol. The number of nitrogens with two attached hydrogens (primary N) is 1. The standard InChI is InChI=1S/C15H23N3O2/c1-18-8-4-5-12(10-18)9-17-15(19)11-20-14-7-3-2-6-13(14)16/h2-3,6-7,12H,4-5,8-11,16H2,1H3,(H,17,19). The fourth-order valence-electron chi connectivity index (χ4n) is 2.50. The number of hydrogen-bond acceptors (Lipinski definition) is 4. The Bertz CT molecular complexity index is 450. The molecule has 1 fully saturated rings. The van der Waals surface area contributed by atoms with Crippen LogP contribution in [0.15, 0.2) is 24.3 Å². The highest BCUT2D eigenvalue weighted by Crippen LogP contribution is 2.19. The molecule has 0 bridgehead atoms. The van der Waals surface area contributed by atoms with Gasteiger partial charge in [-0.1, -0.05) is 12.1 Å². The number of para-hydroxylation sites is 2. The number of anilines is 1. The number of hydrogen-bond donors (Lipinski definition) is 2. The Labute approximate surface area is 120 Å². The molecule has 1 amide bonds. The molecule has 0 aliphatic carbocycles. The zero-order valence-electron chi connectivity index (χ0n) is 12.0. The minimum Gasteiger partial charge on any atom is -0.482 e. The number of amides is 1. The van der Waals surface area contributed by atoms with E-state index in [1.54, 1.807) is 12.1 Å². The zero-order chi connectivity index (χ0) is 14.4. The van der Waals surface area contributed by atoms with Gasteiger partial charge in [-0.05, 0) is 44.5 Å². The maximum Gasteiger partial charge on any atom is 0.257 e. The van der Waals surface area contributed by atoms with Gasteiger partial charge in [0.1, 0.15) is 5.75 Å². The molecule has 0 spiro atoms. The second kappa shape index (κ2) is 7.14. The molecule has 3 N–H and O–H groups in total. The molecule has 1 aliphatic heterocycles. The SMILES string of the molecule is CN1CCCC(CNC(=O)COc2ccccc2N)C1. The summed E-state index contributed by atoms with van der Waals surface area (Å²) in [5.74, 6) is 1.00. The third kappa shape index (κ3) is 4.42. The van der Waals surface area contributed by atoms with Crippen molar-refractivity contribution in [3.63, 3.8) is 0 Å². The first-order valence-electron chi connectivity index (χ1n) is 7.07. The maximum absolute atomic E-state index is 11.8. The summed E-state index contributed by atoms with van der Waals surface area (Å²) in [6.45, 7) is 2.93. The van der Waals surface area contributed by atoms with Crippen LogP contribution < -0.4 is 15.8 Å². The number of rotatable bonds is 5. The van der Waals surface area contributed by atoms with Crippen molar-refractivity contribution in [2.45, 2.75) is 12.8 Å². The summed E-state index contributed by atoms with van der Waals surface area (Å²) in [4.78, 5) is 14.1. The predicted octanol–water partition coefficient (Wildman–Crippen LogP) is 1.11. The number of carbonyl (C=O) groups is 1. The van der Waals surface area contributed by atoms with Crippen molar-refractivity contribution in [1.82, 2.24) is 10.2 Å². The molecule has 1 unspecified atom stereocenters. The maximum atomic E-state index is 11.8. The van der Waals surface area contributed by atoms with Crippen molar-refractivity contribution in [3.8, 4) is 5.75 Å². The van der Waals surface area contributed by atoms with Gasteiger partial charge in [0.2, 0.25) is 0 Å². The first-order valence-corrected chi connectivity index (χ1v) is 7.07. The van der Waals surface area contributed by atoms with Gasteiger partial charge in [-0.2, -0.15) is 0 Å². The molecule has 0 saturated carbocycles. The highest BCUT2D eigenvalue weighted by molar-refractivity contribution is 5.77. The van der Waals surface area contributed by atoms with E-state index in [2.05, 4.69) is 17.3 Å². The first-order chi connectivity index (χ1) is 9.65. The molecule has 1 aromatic rings. The quantitative estimate of drug-likeness (QED) is 0.791. The molecule has 110 valence electrons. The number of benzene rings is 1. The Kier molecular flexibility index (Phi) is 5.24. The van der Waals surface area contributed by atoms with Gasteiger partial charge in [0.05, 0.1) is 5.69 Å². The van der Waals surface area contributed by atoms with Crippen molar-refractivity contribution < 1.29 is 9.53 Å². The first kappa shape index (κ1) is 14.7. The summed E-state index contributed by atoms with van der Waals surface area (Å²) in [6, 6.07) is 7.19. The Morgan fingerprint density at radius 3 is 3.05 bits per heavy atom. The molecule has 1 aliphatic rings. The molecule has 5 nitrogen and oxygen atoms in total. The second-order valence-electron chi connectivity index (χ2n) is 5.40. The lowest BCUT2D eigenvalue weighted by molar-refractivity contribution is -0.123. The molecule has 20 heavy (non-hydrogen) atoms. The van der Waals surface area contributed by atoms with Crippen molar-refractivity contribution >= 4 is 11.6 Å². The summed E-state index contributed by atoms with van der Waals surface area (Å²) < 4.78 is 5.41. The third-order valence-corrected chi connectivity index (χ3v) is 3.59. The molecule has 1 heterocycles. The van der Waals surface area contributed by atoms with Gasteiger partial charge in [0.15, 0.2) is 6.61 Å². The Morgan fingerprint density at radius 2 is 2.30 bits per heavy atom. The van der Waals surface area contributed by atoms with Crippen LogP contribution >= 0.6 is 0 Å². The summed E-state index contributed by atoms with van der Waals surface area (Å²) in [5, 5.41) is 2.93. The van der Waals surface area contributed by atoms with Crippen LogP contribution in [-0.4, -0.2) is 44.1 Å². The van der Waals surface area contributed by atoms with Gasteiger partial charge < -0.3 is 20.7 Å². The fourth-order valence-corrected chi connectivity index (χ4v) is 2.50. The van der Waals surface area contributed by atoms with Crippen LogP contribution in [0.3, 0.4) is 0 Å². The normalized spacial score (nSPS) is 19.6. The lowest BCUT2D eigenvalue weighted by Gasteiger charge is -2.29. The van der Waals surface area contributed by atoms with Gasteiger partial charge in [0.25, 0.3) is 5.91 Å². The molecule has 1 saturated heterocycles. The zero-order valence-corrected chi connectivity index (χ0v) is 12.0. The smallest absolute Gasteiger partial charge is 0.257 e. The lowest BCUT2D eigenvalue weighted by Crippen LogP contribution is -2.40. The van der Waals surface area contributed by atoms with E-state index >= 15 is 0 Å². The molecule has 1 aromatic carbocycles. The van der Waals surface area contributed by atoms with Crippen LogP contribution in [0, 0.1) is 5.92 Å². The minimum atomic E-state index is -0.0959. The van der Waals surface area contributed by atoms with Crippen LogP contribution in [0.25, 0.3) is 0 Å². The largest absolute Gasteiger partial charge is 0.482 e. The molecule has 0 aromatic heterocycles. The Hall–Kier alpha value is -1.75. The molecule has 2 rings (SSSR count). The summed E-state index contributed by atoms with van der Waals surface area (Å²) >= 11 is 0. The van der Waals surface area contributed by atoms with Gasteiger partial charge in [-0.25, -0.2) is 0 Å². The van der Waals surface area contributed by atoms with Crippen LogP contribution in [0.1, 0.15) is 12.8 Å². The topological polar surface area (TPSA) is 67.6 Å². The average molecular weight is 277 g/mol. The van der Waals surface area contributed by atoms with E-state index in [4.69, 9.17) is 10.5 Å². The molecular formula is C15H23N3O2. The molecule has 5 heteroatoms. The fraction of sp³-hybridized carbons (Fsp3) is 0.533. The highest BCUT2D eigenvalue weighted by atomic mass is 16.5. The van der Waals surface area contributed by atoms with Gasteiger partial charge in [-0.15, -0.1) is 0 Å². The Morgan fingerprint density at radius 1 is 1.50 bits per heavy atom. The van der Waals surface area contributed by atoms with E-state index < -0.39 is 0 Å². The number of ether oxygens (including phenoxy) is 1. The highest BCUT2D eigenvalue weighted by Gasteiger charge is 2.17. The van der Waals surface area contributed by atoms with Gasteiger partial charge >= 0.3 is 0 Å².